The summed E-state index contributed by atoms with van der Waals surface area (Å²) in [6, 6.07) is 7.56. The number of pyridine rings is 1. The van der Waals surface area contributed by atoms with Crippen molar-refractivity contribution in [2.75, 3.05) is 0 Å². The molecule has 2 rings (SSSR count). The third-order valence-electron chi connectivity index (χ3n) is 2.76. The zero-order chi connectivity index (χ0) is 16.4. The molecule has 1 heterocycles. The number of aromatic nitrogens is 1. The van der Waals surface area contributed by atoms with E-state index in [0.29, 0.717) is 5.75 Å². The van der Waals surface area contributed by atoms with Gasteiger partial charge in [-0.3, -0.25) is 9.55 Å². The summed E-state index contributed by atoms with van der Waals surface area (Å²) in [5, 5.41) is 0. The number of halogens is 3. The van der Waals surface area contributed by atoms with Gasteiger partial charge in [-0.25, -0.2) is 0 Å². The molecule has 0 bridgehead atoms. The van der Waals surface area contributed by atoms with E-state index in [1.54, 1.807) is 18.5 Å². The van der Waals surface area contributed by atoms with Crippen molar-refractivity contribution in [1.82, 2.24) is 4.98 Å². The van der Waals surface area contributed by atoms with E-state index in [1.165, 1.54) is 23.9 Å². The maximum atomic E-state index is 13.7. The van der Waals surface area contributed by atoms with Gasteiger partial charge in [-0.1, -0.05) is 28.1 Å². The number of rotatable bonds is 5. The Balaban J connectivity index is 0.00000264. The summed E-state index contributed by atoms with van der Waals surface area (Å²) >= 11 is 4.43. The van der Waals surface area contributed by atoms with Gasteiger partial charge in [0.05, 0.1) is 0 Å². The first-order valence-electron chi connectivity index (χ1n) is 5.97. The molecule has 0 aliphatic carbocycles. The van der Waals surface area contributed by atoms with Gasteiger partial charge in [-0.15, -0.1) is 11.8 Å². The first kappa shape index (κ1) is 25.2. The molecule has 0 fully saturated rings. The third-order valence-corrected chi connectivity index (χ3v) is 5.44. The Kier molecular flexibility index (Phi) is 11.1. The van der Waals surface area contributed by atoms with E-state index < -0.39 is 18.8 Å². The van der Waals surface area contributed by atoms with Crippen LogP contribution in [0.3, 0.4) is 0 Å². The Hall–Kier alpha value is 1.21. The molecule has 0 unspecified atom stereocenters. The van der Waals surface area contributed by atoms with Crippen LogP contribution in [0.5, 0.6) is 0 Å². The van der Waals surface area contributed by atoms with Crippen LogP contribution in [0.25, 0.3) is 0 Å². The number of hydrogen-bond acceptors (Lipinski definition) is 3. The SMILES string of the molecule is O=P(O)(O)C(F)(F)c1ccc(CSc2cccnc2)cc1Br.[NaH].[NaH]. The van der Waals surface area contributed by atoms with Gasteiger partial charge in [0.25, 0.3) is 0 Å². The summed E-state index contributed by atoms with van der Waals surface area (Å²) in [5.74, 6) is 0.520. The number of benzene rings is 1. The second-order valence-electron chi connectivity index (χ2n) is 4.38. The van der Waals surface area contributed by atoms with Crippen LogP contribution in [-0.2, 0) is 16.0 Å². The summed E-state index contributed by atoms with van der Waals surface area (Å²) < 4.78 is 38.3. The molecule has 122 valence electrons. The number of nitrogens with zero attached hydrogens (tertiary/aromatic N) is 1. The molecule has 0 aliphatic rings. The van der Waals surface area contributed by atoms with Crippen LogP contribution < -0.4 is 0 Å². The third kappa shape index (κ3) is 6.43. The first-order chi connectivity index (χ1) is 10.2. The zero-order valence-corrected chi connectivity index (χ0v) is 14.3. The van der Waals surface area contributed by atoms with Crippen molar-refractivity contribution in [2.24, 2.45) is 0 Å². The van der Waals surface area contributed by atoms with Gasteiger partial charge < -0.3 is 9.79 Å². The molecule has 4 nitrogen and oxygen atoms in total. The van der Waals surface area contributed by atoms with Gasteiger partial charge in [-0.05, 0) is 23.8 Å². The molecule has 0 saturated heterocycles. The topological polar surface area (TPSA) is 70.4 Å². The molecule has 24 heavy (non-hydrogen) atoms. The van der Waals surface area contributed by atoms with Gasteiger partial charge in [0.2, 0.25) is 0 Å². The van der Waals surface area contributed by atoms with E-state index in [1.807, 2.05) is 6.07 Å². The Labute approximate surface area is 195 Å². The van der Waals surface area contributed by atoms with Crippen molar-refractivity contribution in [2.45, 2.75) is 16.3 Å². The van der Waals surface area contributed by atoms with Crippen LogP contribution >= 0.6 is 35.3 Å². The normalized spacial score (nSPS) is 11.4. The van der Waals surface area contributed by atoms with Crippen LogP contribution in [-0.4, -0.2) is 73.9 Å². The maximum absolute atomic E-state index is 13.7. The Morgan fingerprint density at radius 1 is 1.25 bits per heavy atom. The molecule has 1 aromatic carbocycles. The fourth-order valence-corrected chi connectivity index (χ4v) is 3.81. The van der Waals surface area contributed by atoms with Crippen LogP contribution in [0.2, 0.25) is 0 Å². The molecule has 2 N–H and O–H groups in total. The summed E-state index contributed by atoms with van der Waals surface area (Å²) in [6.45, 7) is 0. The predicted molar refractivity (Wildman–Crippen MR) is 98.2 cm³/mol. The minimum absolute atomic E-state index is 0. The molecule has 1 aromatic heterocycles. The van der Waals surface area contributed by atoms with Gasteiger partial charge in [0.1, 0.15) is 0 Å². The summed E-state index contributed by atoms with van der Waals surface area (Å²) in [7, 11) is -5.57. The monoisotopic (exact) mass is 457 g/mol. The molecule has 2 aromatic rings. The van der Waals surface area contributed by atoms with Crippen molar-refractivity contribution in [3.05, 3.63) is 58.3 Å². The second-order valence-corrected chi connectivity index (χ2v) is 7.93. The molecule has 11 heteroatoms. The fraction of sp³-hybridized carbons (Fsp3) is 0.154. The summed E-state index contributed by atoms with van der Waals surface area (Å²) in [6.07, 6.45) is 3.34. The van der Waals surface area contributed by atoms with E-state index in [-0.39, 0.29) is 63.6 Å². The quantitative estimate of drug-likeness (QED) is 0.410. The van der Waals surface area contributed by atoms with Crippen LogP contribution in [0.4, 0.5) is 8.78 Å². The first-order valence-corrected chi connectivity index (χ1v) is 9.36. The van der Waals surface area contributed by atoms with Crippen molar-refractivity contribution in [3.63, 3.8) is 0 Å². The standard InChI is InChI=1S/C13H11BrF2NO3PS.2Na.2H/c14-12-6-9(8-22-10-2-1-5-17-7-10)3-4-11(12)13(15,16)21(18,19)20;;;;/h1-7H,8H2,(H2,18,19,20);;;;. The Bertz CT molecular complexity index is 722. The van der Waals surface area contributed by atoms with Gasteiger partial charge in [0.15, 0.2) is 0 Å². The molecule has 0 aliphatic heterocycles. The number of alkyl halides is 2. The molecular formula is C13H13BrF2NNa2O3PS. The van der Waals surface area contributed by atoms with E-state index >= 15 is 0 Å². The van der Waals surface area contributed by atoms with Crippen LogP contribution in [0.15, 0.2) is 52.1 Å². The number of hydrogen-bond donors (Lipinski definition) is 2. The minimum atomic E-state index is -5.57. The molecule has 0 atom stereocenters. The van der Waals surface area contributed by atoms with Gasteiger partial charge in [0, 0.05) is 33.1 Å². The van der Waals surface area contributed by atoms with E-state index in [2.05, 4.69) is 20.9 Å². The van der Waals surface area contributed by atoms with Crippen LogP contribution in [0, 0.1) is 0 Å². The fourth-order valence-electron chi connectivity index (χ4n) is 1.65. The summed E-state index contributed by atoms with van der Waals surface area (Å²) in [5.41, 5.74) is -4.21. The molecule has 0 radical (unpaired) electrons. The van der Waals surface area contributed by atoms with Crippen molar-refractivity contribution in [1.29, 1.82) is 0 Å². The molecule has 0 spiro atoms. The van der Waals surface area contributed by atoms with Gasteiger partial charge in [-0.2, -0.15) is 8.78 Å². The van der Waals surface area contributed by atoms with Crippen molar-refractivity contribution < 1.29 is 23.1 Å². The van der Waals surface area contributed by atoms with E-state index in [0.717, 1.165) is 16.5 Å². The summed E-state index contributed by atoms with van der Waals surface area (Å²) in [4.78, 5) is 22.5. The van der Waals surface area contributed by atoms with E-state index in [4.69, 9.17) is 9.79 Å². The van der Waals surface area contributed by atoms with Crippen molar-refractivity contribution in [3.8, 4) is 0 Å². The zero-order valence-electron chi connectivity index (χ0n) is 11.0. The van der Waals surface area contributed by atoms with Crippen molar-refractivity contribution >= 4 is 94.4 Å². The molecule has 0 saturated carbocycles. The second kappa shape index (κ2) is 10.5. The van der Waals surface area contributed by atoms with Crippen LogP contribution in [0.1, 0.15) is 11.1 Å². The molecule has 0 amide bonds. The average Bonchev–Trinajstić information content (AvgIpc) is 2.45. The predicted octanol–water partition coefficient (Wildman–Crippen LogP) is 3.07. The average molecular weight is 458 g/mol. The Morgan fingerprint density at radius 2 is 1.92 bits per heavy atom. The molecular weight excluding hydrogens is 445 g/mol. The Morgan fingerprint density at radius 3 is 2.42 bits per heavy atom. The number of thioether (sulfide) groups is 1. The van der Waals surface area contributed by atoms with Gasteiger partial charge >= 0.3 is 72.4 Å². The van der Waals surface area contributed by atoms with E-state index in [9.17, 15) is 13.3 Å².